The molecule has 0 N–H and O–H groups in total. The summed E-state index contributed by atoms with van der Waals surface area (Å²) in [5.74, 6) is -0.585. The summed E-state index contributed by atoms with van der Waals surface area (Å²) in [5, 5.41) is 17.8. The van der Waals surface area contributed by atoms with Crippen molar-refractivity contribution in [3.63, 3.8) is 0 Å². The fourth-order valence-corrected chi connectivity index (χ4v) is 1.39. The predicted molar refractivity (Wildman–Crippen MR) is 59.4 cm³/mol. The molecule has 18 heavy (non-hydrogen) atoms. The average Bonchev–Trinajstić information content (AvgIpc) is 2.87. The van der Waals surface area contributed by atoms with Crippen molar-refractivity contribution in [3.05, 3.63) is 46.3 Å². The summed E-state index contributed by atoms with van der Waals surface area (Å²) < 4.78 is 5.82. The van der Waals surface area contributed by atoms with Gasteiger partial charge < -0.3 is 4.74 Å². The molecule has 0 aliphatic carbocycles. The van der Waals surface area contributed by atoms with Crippen LogP contribution in [-0.2, 0) is 4.74 Å². The van der Waals surface area contributed by atoms with E-state index in [1.165, 1.54) is 42.3 Å². The molecule has 1 aromatic heterocycles. The van der Waals surface area contributed by atoms with Crippen LogP contribution in [0.15, 0.2) is 30.5 Å². The first kappa shape index (κ1) is 11.7. The molecule has 2 aromatic rings. The van der Waals surface area contributed by atoms with Crippen LogP contribution in [0.4, 0.5) is 5.69 Å². The third-order valence-electron chi connectivity index (χ3n) is 2.25. The Balaban J connectivity index is 2.40. The topological polar surface area (TPSA) is 100 Å². The summed E-state index contributed by atoms with van der Waals surface area (Å²) in [4.78, 5) is 21.4. The van der Waals surface area contributed by atoms with Crippen molar-refractivity contribution < 1.29 is 14.5 Å². The molecule has 0 atom stereocenters. The molecule has 8 heteroatoms. The first-order valence-corrected chi connectivity index (χ1v) is 4.87. The maximum absolute atomic E-state index is 11.4. The van der Waals surface area contributed by atoms with Gasteiger partial charge in [-0.3, -0.25) is 10.1 Å². The van der Waals surface area contributed by atoms with E-state index in [0.29, 0.717) is 5.69 Å². The molecule has 0 unspecified atom stereocenters. The third kappa shape index (κ3) is 2.03. The van der Waals surface area contributed by atoms with Crippen LogP contribution in [0.1, 0.15) is 10.5 Å². The van der Waals surface area contributed by atoms with Gasteiger partial charge in [0.2, 0.25) is 0 Å². The van der Waals surface area contributed by atoms with E-state index in [1.807, 2.05) is 0 Å². The van der Waals surface area contributed by atoms with Crippen LogP contribution in [0.2, 0.25) is 0 Å². The van der Waals surface area contributed by atoms with Crippen molar-refractivity contribution in [2.75, 3.05) is 7.11 Å². The van der Waals surface area contributed by atoms with Crippen molar-refractivity contribution in [2.45, 2.75) is 0 Å². The zero-order valence-electron chi connectivity index (χ0n) is 9.31. The van der Waals surface area contributed by atoms with E-state index >= 15 is 0 Å². The normalized spacial score (nSPS) is 10.1. The van der Waals surface area contributed by atoms with Gasteiger partial charge in [0.05, 0.1) is 23.9 Å². The second-order valence-corrected chi connectivity index (χ2v) is 3.30. The van der Waals surface area contributed by atoms with E-state index in [9.17, 15) is 14.9 Å². The van der Waals surface area contributed by atoms with Gasteiger partial charge in [-0.05, 0) is 12.1 Å². The van der Waals surface area contributed by atoms with Crippen LogP contribution in [0, 0.1) is 10.1 Å². The van der Waals surface area contributed by atoms with Crippen molar-refractivity contribution in [3.8, 4) is 5.69 Å². The van der Waals surface area contributed by atoms with Gasteiger partial charge in [-0.2, -0.15) is 0 Å². The number of esters is 1. The number of rotatable bonds is 3. The monoisotopic (exact) mass is 248 g/mol. The number of aromatic nitrogens is 3. The number of benzene rings is 1. The van der Waals surface area contributed by atoms with Crippen LogP contribution in [0.25, 0.3) is 5.69 Å². The van der Waals surface area contributed by atoms with Crippen LogP contribution in [0.5, 0.6) is 0 Å². The quantitative estimate of drug-likeness (QED) is 0.455. The fourth-order valence-electron chi connectivity index (χ4n) is 1.39. The maximum atomic E-state index is 11.4. The molecule has 0 fully saturated rings. The van der Waals surface area contributed by atoms with Gasteiger partial charge in [0.1, 0.15) is 0 Å². The largest absolute Gasteiger partial charge is 0.464 e. The molecular weight excluding hydrogens is 240 g/mol. The number of nitro groups is 1. The van der Waals surface area contributed by atoms with Gasteiger partial charge in [0.25, 0.3) is 5.69 Å². The number of ether oxygens (including phenoxy) is 1. The summed E-state index contributed by atoms with van der Waals surface area (Å²) in [6.45, 7) is 0. The van der Waals surface area contributed by atoms with Gasteiger partial charge >= 0.3 is 5.97 Å². The van der Waals surface area contributed by atoms with E-state index < -0.39 is 10.9 Å². The summed E-state index contributed by atoms with van der Waals surface area (Å²) in [6, 6.07) is 5.58. The van der Waals surface area contributed by atoms with E-state index in [4.69, 9.17) is 0 Å². The Morgan fingerprint density at radius 3 is 2.61 bits per heavy atom. The number of nitro benzene ring substituents is 1. The summed E-state index contributed by atoms with van der Waals surface area (Å²) in [5.41, 5.74) is 0.586. The fraction of sp³-hybridized carbons (Fsp3) is 0.100. The second-order valence-electron chi connectivity index (χ2n) is 3.30. The van der Waals surface area contributed by atoms with Gasteiger partial charge in [0.15, 0.2) is 5.69 Å². The predicted octanol–water partition coefficient (Wildman–Crippen LogP) is 0.962. The number of carbonyl (C=O) groups excluding carboxylic acids is 1. The van der Waals surface area contributed by atoms with Crippen LogP contribution >= 0.6 is 0 Å². The highest BCUT2D eigenvalue weighted by Crippen LogP contribution is 2.15. The molecule has 8 nitrogen and oxygen atoms in total. The second kappa shape index (κ2) is 4.62. The molecule has 1 heterocycles. The van der Waals surface area contributed by atoms with Gasteiger partial charge in [-0.1, -0.05) is 5.21 Å². The molecular formula is C10H8N4O4. The Bertz CT molecular complexity index is 590. The van der Waals surface area contributed by atoms with Crippen LogP contribution in [-0.4, -0.2) is 33.0 Å². The van der Waals surface area contributed by atoms with Gasteiger partial charge in [0, 0.05) is 12.1 Å². The van der Waals surface area contributed by atoms with Crippen LogP contribution in [0.3, 0.4) is 0 Å². The molecule has 0 radical (unpaired) electrons. The van der Waals surface area contributed by atoms with Crippen molar-refractivity contribution in [2.24, 2.45) is 0 Å². The number of methoxy groups -OCH3 is 1. The molecule has 0 aliphatic heterocycles. The van der Waals surface area contributed by atoms with E-state index in [2.05, 4.69) is 15.0 Å². The van der Waals surface area contributed by atoms with Gasteiger partial charge in [-0.15, -0.1) is 5.10 Å². The first-order chi connectivity index (χ1) is 8.63. The lowest BCUT2D eigenvalue weighted by atomic mass is 10.3. The minimum Gasteiger partial charge on any atom is -0.464 e. The summed E-state index contributed by atoms with van der Waals surface area (Å²) >= 11 is 0. The zero-order valence-corrected chi connectivity index (χ0v) is 9.31. The van der Waals surface area contributed by atoms with E-state index in [-0.39, 0.29) is 11.4 Å². The highest BCUT2D eigenvalue weighted by molar-refractivity contribution is 5.87. The van der Waals surface area contributed by atoms with Crippen LogP contribution < -0.4 is 0 Å². The molecule has 92 valence electrons. The molecule has 0 amide bonds. The van der Waals surface area contributed by atoms with E-state index in [1.54, 1.807) is 0 Å². The van der Waals surface area contributed by atoms with Crippen molar-refractivity contribution >= 4 is 11.7 Å². The molecule has 0 spiro atoms. The molecule has 0 saturated carbocycles. The standard InChI is InChI=1S/C10H8N4O4/c1-18-10(15)9-6-11-12-13(9)7-2-4-8(5-3-7)14(16)17/h2-6H,1H3. The summed E-state index contributed by atoms with van der Waals surface area (Å²) in [7, 11) is 1.25. The van der Waals surface area contributed by atoms with Gasteiger partial charge in [-0.25, -0.2) is 9.48 Å². The number of nitrogens with zero attached hydrogens (tertiary/aromatic N) is 4. The molecule has 0 aliphatic rings. The highest BCUT2D eigenvalue weighted by atomic mass is 16.6. The number of carbonyl (C=O) groups is 1. The highest BCUT2D eigenvalue weighted by Gasteiger charge is 2.15. The SMILES string of the molecule is COC(=O)c1cnnn1-c1ccc([N+](=O)[O-])cc1. The Morgan fingerprint density at radius 2 is 2.06 bits per heavy atom. The lowest BCUT2D eigenvalue weighted by Gasteiger charge is -2.03. The Labute approximate surface area is 101 Å². The molecule has 1 aromatic carbocycles. The minimum absolute atomic E-state index is 0.0431. The first-order valence-electron chi connectivity index (χ1n) is 4.87. The maximum Gasteiger partial charge on any atom is 0.358 e. The summed E-state index contributed by atoms with van der Waals surface area (Å²) in [6.07, 6.45) is 1.26. The molecule has 0 bridgehead atoms. The van der Waals surface area contributed by atoms with Crippen molar-refractivity contribution in [1.82, 2.24) is 15.0 Å². The number of non-ortho nitro benzene ring substituents is 1. The Morgan fingerprint density at radius 1 is 1.39 bits per heavy atom. The lowest BCUT2D eigenvalue weighted by Crippen LogP contribution is -2.10. The Kier molecular flexibility index (Phi) is 3.00. The molecule has 0 saturated heterocycles. The average molecular weight is 248 g/mol. The smallest absolute Gasteiger partial charge is 0.358 e. The number of hydrogen-bond acceptors (Lipinski definition) is 6. The van der Waals surface area contributed by atoms with Crippen molar-refractivity contribution in [1.29, 1.82) is 0 Å². The third-order valence-corrected chi connectivity index (χ3v) is 2.25. The lowest BCUT2D eigenvalue weighted by molar-refractivity contribution is -0.384. The zero-order chi connectivity index (χ0) is 13.1. The Hall–Kier alpha value is -2.77. The number of hydrogen-bond donors (Lipinski definition) is 0. The molecule has 2 rings (SSSR count). The minimum atomic E-state index is -0.585. The van der Waals surface area contributed by atoms with E-state index in [0.717, 1.165) is 0 Å².